The first-order valence-electron chi connectivity index (χ1n) is 7.18. The first kappa shape index (κ1) is 18.1. The van der Waals surface area contributed by atoms with Crippen LogP contribution in [0.15, 0.2) is 53.7 Å². The quantitative estimate of drug-likeness (QED) is 0.338. The van der Waals surface area contributed by atoms with Crippen LogP contribution in [-0.4, -0.2) is 30.7 Å². The number of carbonyl (C=O) groups is 2. The zero-order chi connectivity index (χ0) is 17.4. The summed E-state index contributed by atoms with van der Waals surface area (Å²) in [5.41, 5.74) is 0.505. The zero-order valence-electron chi connectivity index (χ0n) is 12.7. The Morgan fingerprint density at radius 2 is 1.79 bits per heavy atom. The largest absolute Gasteiger partial charge is 0.618 e. The lowest BCUT2D eigenvalue weighted by Crippen LogP contribution is -2.35. The molecule has 2 aromatic rings. The molecule has 0 spiro atoms. The van der Waals surface area contributed by atoms with Crippen LogP contribution in [0.25, 0.3) is 0 Å². The summed E-state index contributed by atoms with van der Waals surface area (Å²) in [7, 11) is 0. The highest BCUT2D eigenvalue weighted by Crippen LogP contribution is 2.11. The number of pyridine rings is 1. The lowest BCUT2D eigenvalue weighted by Gasteiger charge is -2.07. The van der Waals surface area contributed by atoms with Gasteiger partial charge in [-0.3, -0.25) is 9.59 Å². The van der Waals surface area contributed by atoms with Gasteiger partial charge >= 0.3 is 0 Å². The van der Waals surface area contributed by atoms with E-state index in [2.05, 4.69) is 10.6 Å². The molecule has 0 aliphatic heterocycles. The van der Waals surface area contributed by atoms with Crippen LogP contribution in [0.4, 0.5) is 0 Å². The van der Waals surface area contributed by atoms with E-state index in [1.54, 1.807) is 42.5 Å². The molecule has 24 heavy (non-hydrogen) atoms. The number of hydrogen-bond donors (Lipinski definition) is 2. The fourth-order valence-corrected chi connectivity index (χ4v) is 2.67. The summed E-state index contributed by atoms with van der Waals surface area (Å²) in [5.74, 6) is -0.297. The van der Waals surface area contributed by atoms with Crippen LogP contribution >= 0.6 is 23.4 Å². The van der Waals surface area contributed by atoms with Crippen LogP contribution in [0.2, 0.25) is 5.02 Å². The lowest BCUT2D eigenvalue weighted by molar-refractivity contribution is -0.645. The van der Waals surface area contributed by atoms with Gasteiger partial charge in [-0.2, -0.15) is 4.73 Å². The van der Waals surface area contributed by atoms with Gasteiger partial charge in [0.2, 0.25) is 5.91 Å². The van der Waals surface area contributed by atoms with Crippen LogP contribution < -0.4 is 15.4 Å². The number of aromatic nitrogens is 1. The number of halogens is 1. The van der Waals surface area contributed by atoms with Crippen LogP contribution in [0, 0.1) is 5.21 Å². The first-order chi connectivity index (χ1) is 11.6. The van der Waals surface area contributed by atoms with E-state index in [0.29, 0.717) is 33.4 Å². The topological polar surface area (TPSA) is 85.1 Å². The number of amides is 2. The molecule has 0 saturated carbocycles. The van der Waals surface area contributed by atoms with Crippen LogP contribution in [0.3, 0.4) is 0 Å². The van der Waals surface area contributed by atoms with E-state index in [-0.39, 0.29) is 17.6 Å². The summed E-state index contributed by atoms with van der Waals surface area (Å²) in [6, 6.07) is 11.6. The van der Waals surface area contributed by atoms with Crippen molar-refractivity contribution in [2.45, 2.75) is 5.03 Å². The molecule has 1 heterocycles. The Kier molecular flexibility index (Phi) is 6.89. The summed E-state index contributed by atoms with van der Waals surface area (Å²) in [6.45, 7) is 0.621. The minimum Gasteiger partial charge on any atom is -0.618 e. The number of rotatable bonds is 7. The molecule has 8 heteroatoms. The van der Waals surface area contributed by atoms with Gasteiger partial charge in [0.15, 0.2) is 6.20 Å². The van der Waals surface area contributed by atoms with E-state index >= 15 is 0 Å². The van der Waals surface area contributed by atoms with Gasteiger partial charge in [0.05, 0.1) is 5.75 Å². The normalized spacial score (nSPS) is 10.2. The van der Waals surface area contributed by atoms with Crippen molar-refractivity contribution in [1.82, 2.24) is 10.6 Å². The van der Waals surface area contributed by atoms with Gasteiger partial charge in [-0.25, -0.2) is 0 Å². The van der Waals surface area contributed by atoms with Gasteiger partial charge in [0, 0.05) is 35.8 Å². The van der Waals surface area contributed by atoms with E-state index in [1.807, 2.05) is 0 Å². The van der Waals surface area contributed by atoms with Gasteiger partial charge < -0.3 is 15.8 Å². The molecule has 1 aromatic carbocycles. The number of carbonyl (C=O) groups excluding carboxylic acids is 2. The fourth-order valence-electron chi connectivity index (χ4n) is 1.80. The molecule has 2 rings (SSSR count). The van der Waals surface area contributed by atoms with Crippen molar-refractivity contribution in [3.63, 3.8) is 0 Å². The molecule has 2 amide bonds. The van der Waals surface area contributed by atoms with Gasteiger partial charge in [0.1, 0.15) is 0 Å². The van der Waals surface area contributed by atoms with E-state index in [1.165, 1.54) is 6.20 Å². The Morgan fingerprint density at radius 3 is 2.50 bits per heavy atom. The molecule has 0 atom stereocenters. The van der Waals surface area contributed by atoms with Crippen molar-refractivity contribution in [3.8, 4) is 0 Å². The molecular formula is C16H16ClN3O3S. The maximum Gasteiger partial charge on any atom is 0.251 e. The summed E-state index contributed by atoms with van der Waals surface area (Å²) >= 11 is 6.92. The minimum atomic E-state index is -0.230. The molecule has 1 aromatic heterocycles. The van der Waals surface area contributed by atoms with E-state index in [9.17, 15) is 14.8 Å². The molecule has 0 aliphatic carbocycles. The lowest BCUT2D eigenvalue weighted by atomic mass is 10.2. The fraction of sp³-hybridized carbons (Fsp3) is 0.188. The maximum atomic E-state index is 11.8. The zero-order valence-corrected chi connectivity index (χ0v) is 14.3. The Hall–Kier alpha value is -2.25. The molecule has 126 valence electrons. The van der Waals surface area contributed by atoms with E-state index < -0.39 is 0 Å². The Morgan fingerprint density at radius 1 is 1.08 bits per heavy atom. The molecule has 0 fully saturated rings. The first-order valence-corrected chi connectivity index (χ1v) is 8.54. The Labute approximate surface area is 148 Å². The number of hydrogen-bond acceptors (Lipinski definition) is 4. The molecule has 0 unspecified atom stereocenters. The molecule has 0 aliphatic rings. The van der Waals surface area contributed by atoms with Crippen molar-refractivity contribution < 1.29 is 14.3 Å². The number of nitrogens with zero attached hydrogens (tertiary/aromatic N) is 1. The molecular weight excluding hydrogens is 350 g/mol. The van der Waals surface area contributed by atoms with Crippen LogP contribution in [0.5, 0.6) is 0 Å². The van der Waals surface area contributed by atoms with Crippen molar-refractivity contribution in [2.75, 3.05) is 18.8 Å². The summed E-state index contributed by atoms with van der Waals surface area (Å²) in [4.78, 5) is 23.5. The molecule has 0 radical (unpaired) electrons. The Bertz CT molecular complexity index is 710. The maximum absolute atomic E-state index is 11.8. The predicted molar refractivity (Wildman–Crippen MR) is 92.9 cm³/mol. The second-order valence-corrected chi connectivity index (χ2v) is 6.20. The smallest absolute Gasteiger partial charge is 0.251 e. The molecule has 6 nitrogen and oxygen atoms in total. The second kappa shape index (κ2) is 9.14. The highest BCUT2D eigenvalue weighted by molar-refractivity contribution is 7.99. The average Bonchev–Trinajstić information content (AvgIpc) is 2.58. The monoisotopic (exact) mass is 365 g/mol. The van der Waals surface area contributed by atoms with Gasteiger partial charge in [-0.05, 0) is 42.1 Å². The van der Waals surface area contributed by atoms with Gasteiger partial charge in [-0.1, -0.05) is 11.6 Å². The standard InChI is InChI=1S/C16H16ClN3O3S/c17-13-6-4-12(5-7-13)16(22)19-9-8-18-14(21)11-24-15-3-1-2-10-20(15)23/h1-7,10H,8-9,11H2,(H,18,21)(H,19,22). The molecule has 0 saturated heterocycles. The summed E-state index contributed by atoms with van der Waals surface area (Å²) in [6.07, 6.45) is 1.38. The van der Waals surface area contributed by atoms with Crippen molar-refractivity contribution in [1.29, 1.82) is 0 Å². The third-order valence-electron chi connectivity index (χ3n) is 2.98. The highest BCUT2D eigenvalue weighted by atomic mass is 35.5. The SMILES string of the molecule is O=C(CSc1cccc[n+]1[O-])NCCNC(=O)c1ccc(Cl)cc1. The third kappa shape index (κ3) is 5.75. The minimum absolute atomic E-state index is 0.136. The predicted octanol–water partition coefficient (Wildman–Crippen LogP) is 1.61. The number of thioether (sulfide) groups is 1. The van der Waals surface area contributed by atoms with Crippen molar-refractivity contribution in [2.24, 2.45) is 0 Å². The second-order valence-electron chi connectivity index (χ2n) is 4.77. The summed E-state index contributed by atoms with van der Waals surface area (Å²) in [5, 5.41) is 17.8. The average molecular weight is 366 g/mol. The van der Waals surface area contributed by atoms with Crippen molar-refractivity contribution >= 4 is 35.2 Å². The van der Waals surface area contributed by atoms with E-state index in [4.69, 9.17) is 11.6 Å². The third-order valence-corrected chi connectivity index (χ3v) is 4.25. The molecule has 0 bridgehead atoms. The number of nitrogens with one attached hydrogen (secondary N) is 2. The molecule has 2 N–H and O–H groups in total. The van der Waals surface area contributed by atoms with Gasteiger partial charge in [0.25, 0.3) is 10.9 Å². The Balaban J connectivity index is 1.65. The highest BCUT2D eigenvalue weighted by Gasteiger charge is 2.09. The van der Waals surface area contributed by atoms with Crippen LogP contribution in [-0.2, 0) is 4.79 Å². The van der Waals surface area contributed by atoms with Crippen molar-refractivity contribution in [3.05, 3.63) is 64.5 Å². The van der Waals surface area contributed by atoms with Crippen LogP contribution in [0.1, 0.15) is 10.4 Å². The van der Waals surface area contributed by atoms with E-state index in [0.717, 1.165) is 11.8 Å². The summed E-state index contributed by atoms with van der Waals surface area (Å²) < 4.78 is 0.713. The number of benzene rings is 1. The van der Waals surface area contributed by atoms with Gasteiger partial charge in [-0.15, -0.1) is 0 Å².